The van der Waals surface area contributed by atoms with Gasteiger partial charge in [0, 0.05) is 20.1 Å². The average Bonchev–Trinajstić information content (AvgIpc) is 2.47. The number of benzene rings is 1. The zero-order valence-corrected chi connectivity index (χ0v) is 13.7. The lowest BCUT2D eigenvalue weighted by Crippen LogP contribution is -2.49. The summed E-state index contributed by atoms with van der Waals surface area (Å²) in [6.45, 7) is 3.22. The molecule has 3 N–H and O–H groups in total. The summed E-state index contributed by atoms with van der Waals surface area (Å²) in [5, 5.41) is 21.7. The van der Waals surface area contributed by atoms with Gasteiger partial charge in [0.15, 0.2) is 0 Å². The lowest BCUT2D eigenvalue weighted by Gasteiger charge is -2.30. The van der Waals surface area contributed by atoms with Crippen molar-refractivity contribution >= 4 is 10.0 Å². The van der Waals surface area contributed by atoms with Gasteiger partial charge in [-0.1, -0.05) is 12.1 Å². The van der Waals surface area contributed by atoms with Crippen LogP contribution in [0, 0.1) is 0 Å². The second kappa shape index (κ2) is 6.85. The van der Waals surface area contributed by atoms with Crippen molar-refractivity contribution in [2.24, 2.45) is 0 Å². The highest BCUT2D eigenvalue weighted by atomic mass is 32.2. The first kappa shape index (κ1) is 18.1. The molecule has 0 fully saturated rings. The second-order valence-corrected chi connectivity index (χ2v) is 7.75. The monoisotopic (exact) mass is 316 g/mol. The Morgan fingerprint density at radius 3 is 2.05 bits per heavy atom. The molecule has 0 heterocycles. The van der Waals surface area contributed by atoms with Crippen molar-refractivity contribution < 1.29 is 18.6 Å². The van der Waals surface area contributed by atoms with Crippen molar-refractivity contribution in [3.8, 4) is 0 Å². The van der Waals surface area contributed by atoms with Crippen LogP contribution in [0.5, 0.6) is 0 Å². The Balaban J connectivity index is 2.93. The normalized spacial score (nSPS) is 14.4. The molecule has 0 saturated heterocycles. The molecule has 1 aromatic rings. The molecule has 0 radical (unpaired) electrons. The number of sulfonamides is 1. The fourth-order valence-corrected chi connectivity index (χ4v) is 2.79. The van der Waals surface area contributed by atoms with Crippen LogP contribution in [0.15, 0.2) is 29.2 Å². The predicted octanol–water partition coefficient (Wildman–Crippen LogP) is 0.331. The van der Waals surface area contributed by atoms with Gasteiger partial charge in [-0.05, 0) is 31.5 Å². The minimum Gasteiger partial charge on any atom is -0.394 e. The molecule has 7 heteroatoms. The van der Waals surface area contributed by atoms with Crippen LogP contribution in [-0.4, -0.2) is 55.8 Å². The Hall–Kier alpha value is -0.990. The highest BCUT2D eigenvalue weighted by Gasteiger charge is 2.25. The molecule has 0 aromatic heterocycles. The zero-order valence-electron chi connectivity index (χ0n) is 12.9. The van der Waals surface area contributed by atoms with Gasteiger partial charge < -0.3 is 15.5 Å². The van der Waals surface area contributed by atoms with Gasteiger partial charge in [-0.15, -0.1) is 0 Å². The highest BCUT2D eigenvalue weighted by molar-refractivity contribution is 7.89. The molecular weight excluding hydrogens is 292 g/mol. The molecule has 0 aliphatic heterocycles. The van der Waals surface area contributed by atoms with E-state index in [0.717, 1.165) is 9.87 Å². The molecule has 1 atom stereocenters. The molecular formula is C14H24N2O4S. The zero-order chi connectivity index (χ0) is 16.3. The largest absolute Gasteiger partial charge is 0.394 e. The second-order valence-electron chi connectivity index (χ2n) is 5.60. The average molecular weight is 316 g/mol. The van der Waals surface area contributed by atoms with E-state index in [9.17, 15) is 18.6 Å². The molecule has 120 valence electrons. The standard InChI is InChI=1S/C14H24N2O4S/c1-11(15-14(2,9-17)10-18)12-5-7-13(8-6-12)21(19,20)16(3)4/h5-8,11,15,17-18H,9-10H2,1-4H3. The lowest BCUT2D eigenvalue weighted by atomic mass is 10.0. The summed E-state index contributed by atoms with van der Waals surface area (Å²) in [4.78, 5) is 0.232. The maximum atomic E-state index is 12.0. The molecule has 0 bridgehead atoms. The molecule has 0 spiro atoms. The summed E-state index contributed by atoms with van der Waals surface area (Å²) in [5.74, 6) is 0. The van der Waals surface area contributed by atoms with Crippen molar-refractivity contribution in [2.75, 3.05) is 27.3 Å². The van der Waals surface area contributed by atoms with Crippen molar-refractivity contribution in [1.29, 1.82) is 0 Å². The maximum absolute atomic E-state index is 12.0. The Morgan fingerprint density at radius 2 is 1.67 bits per heavy atom. The van der Waals surface area contributed by atoms with Crippen LogP contribution >= 0.6 is 0 Å². The lowest BCUT2D eigenvalue weighted by molar-refractivity contribution is 0.0957. The van der Waals surface area contributed by atoms with Crippen molar-refractivity contribution in [1.82, 2.24) is 9.62 Å². The highest BCUT2D eigenvalue weighted by Crippen LogP contribution is 2.20. The third kappa shape index (κ3) is 4.24. The van der Waals surface area contributed by atoms with E-state index >= 15 is 0 Å². The topological polar surface area (TPSA) is 89.9 Å². The molecule has 0 saturated carbocycles. The summed E-state index contributed by atoms with van der Waals surface area (Å²) in [5.41, 5.74) is 0.0918. The molecule has 1 rings (SSSR count). The van der Waals surface area contributed by atoms with Crippen LogP contribution in [-0.2, 0) is 10.0 Å². The number of rotatable bonds is 7. The van der Waals surface area contributed by atoms with Gasteiger partial charge in [-0.2, -0.15) is 0 Å². The Labute approximate surface area is 126 Å². The fourth-order valence-electron chi connectivity index (χ4n) is 1.89. The number of hydrogen-bond donors (Lipinski definition) is 3. The Kier molecular flexibility index (Phi) is 5.89. The summed E-state index contributed by atoms with van der Waals surface area (Å²) >= 11 is 0. The molecule has 1 unspecified atom stereocenters. The van der Waals surface area contributed by atoms with Gasteiger partial charge in [0.1, 0.15) is 0 Å². The van der Waals surface area contributed by atoms with Gasteiger partial charge in [0.2, 0.25) is 10.0 Å². The number of hydrogen-bond acceptors (Lipinski definition) is 5. The van der Waals surface area contributed by atoms with E-state index in [1.54, 1.807) is 31.2 Å². The van der Waals surface area contributed by atoms with Gasteiger partial charge >= 0.3 is 0 Å². The fraction of sp³-hybridized carbons (Fsp3) is 0.571. The van der Waals surface area contributed by atoms with E-state index in [-0.39, 0.29) is 24.2 Å². The van der Waals surface area contributed by atoms with Gasteiger partial charge in [-0.3, -0.25) is 0 Å². The SMILES string of the molecule is CC(NC(C)(CO)CO)c1ccc(S(=O)(=O)N(C)C)cc1. The van der Waals surface area contributed by atoms with E-state index in [1.165, 1.54) is 14.1 Å². The number of nitrogens with one attached hydrogen (secondary N) is 1. The van der Waals surface area contributed by atoms with Crippen LogP contribution in [0.25, 0.3) is 0 Å². The van der Waals surface area contributed by atoms with Crippen LogP contribution in [0.3, 0.4) is 0 Å². The molecule has 6 nitrogen and oxygen atoms in total. The quantitative estimate of drug-likeness (QED) is 0.674. The van der Waals surface area contributed by atoms with Crippen LogP contribution in [0.4, 0.5) is 0 Å². The summed E-state index contributed by atoms with van der Waals surface area (Å²) in [7, 11) is -0.456. The smallest absolute Gasteiger partial charge is 0.242 e. The number of aliphatic hydroxyl groups excluding tert-OH is 2. The van der Waals surface area contributed by atoms with Crippen molar-refractivity contribution in [3.63, 3.8) is 0 Å². The first-order chi connectivity index (χ1) is 9.66. The van der Waals surface area contributed by atoms with Crippen molar-refractivity contribution in [2.45, 2.75) is 30.3 Å². The van der Waals surface area contributed by atoms with E-state index < -0.39 is 15.6 Å². The molecule has 0 aliphatic carbocycles. The first-order valence-electron chi connectivity index (χ1n) is 6.68. The molecule has 0 aliphatic rings. The third-order valence-electron chi connectivity index (χ3n) is 3.42. The Morgan fingerprint density at radius 1 is 1.19 bits per heavy atom. The molecule has 21 heavy (non-hydrogen) atoms. The van der Waals surface area contributed by atoms with Crippen molar-refractivity contribution in [3.05, 3.63) is 29.8 Å². The van der Waals surface area contributed by atoms with Gasteiger partial charge in [0.25, 0.3) is 0 Å². The van der Waals surface area contributed by atoms with E-state index in [2.05, 4.69) is 5.32 Å². The summed E-state index contributed by atoms with van der Waals surface area (Å²) < 4.78 is 25.1. The van der Waals surface area contributed by atoms with Crippen LogP contribution in [0.1, 0.15) is 25.5 Å². The first-order valence-corrected chi connectivity index (χ1v) is 8.12. The van der Waals surface area contributed by atoms with Gasteiger partial charge in [-0.25, -0.2) is 12.7 Å². The van der Waals surface area contributed by atoms with E-state index in [0.29, 0.717) is 0 Å². The predicted molar refractivity (Wildman–Crippen MR) is 81.4 cm³/mol. The summed E-state index contributed by atoms with van der Waals surface area (Å²) in [6.07, 6.45) is 0. The third-order valence-corrected chi connectivity index (χ3v) is 5.25. The van der Waals surface area contributed by atoms with E-state index in [1.807, 2.05) is 6.92 Å². The minimum atomic E-state index is -3.43. The molecule has 0 amide bonds. The minimum absolute atomic E-state index is 0.134. The van der Waals surface area contributed by atoms with Crippen LogP contribution in [0.2, 0.25) is 0 Å². The maximum Gasteiger partial charge on any atom is 0.242 e. The van der Waals surface area contributed by atoms with Gasteiger partial charge in [0.05, 0.1) is 23.6 Å². The van der Waals surface area contributed by atoms with Crippen LogP contribution < -0.4 is 5.32 Å². The number of aliphatic hydroxyl groups is 2. The molecule has 1 aromatic carbocycles. The van der Waals surface area contributed by atoms with E-state index in [4.69, 9.17) is 0 Å². The number of nitrogens with zero attached hydrogens (tertiary/aromatic N) is 1. The Bertz CT molecular complexity index is 551. The summed E-state index contributed by atoms with van der Waals surface area (Å²) in [6, 6.07) is 6.42.